The number of hydrogen-bond acceptors (Lipinski definition) is 4. The van der Waals surface area contributed by atoms with Crippen molar-refractivity contribution in [1.82, 2.24) is 5.32 Å². The highest BCUT2D eigenvalue weighted by Gasteiger charge is 2.14. The van der Waals surface area contributed by atoms with E-state index in [9.17, 15) is 20.1 Å². The third-order valence-electron chi connectivity index (χ3n) is 4.77. The molecule has 0 radical (unpaired) electrons. The van der Waals surface area contributed by atoms with Crippen molar-refractivity contribution in [2.24, 2.45) is 0 Å². The molecule has 0 bridgehead atoms. The fraction of sp³-hybridized carbons (Fsp3) is 0.632. The Labute approximate surface area is 149 Å². The molecule has 0 aromatic heterocycles. The minimum absolute atomic E-state index is 0.138. The van der Waals surface area contributed by atoms with Crippen LogP contribution in [-0.2, 0) is 0 Å². The number of carbonyl (C=O) groups is 1. The molecule has 140 valence electrons. The maximum absolute atomic E-state index is 12.2. The predicted octanol–water partition coefficient (Wildman–Crippen LogP) is 4.60. The summed E-state index contributed by atoms with van der Waals surface area (Å²) in [7, 11) is 0. The molecule has 1 fully saturated rings. The number of rotatable bonds is 2. The summed E-state index contributed by atoms with van der Waals surface area (Å²) in [6, 6.07) is 2.19. The van der Waals surface area contributed by atoms with E-state index in [-0.39, 0.29) is 17.8 Å². The highest BCUT2D eigenvalue weighted by molar-refractivity contribution is 5.90. The Balaban J connectivity index is 1.87. The molecule has 0 heterocycles. The lowest BCUT2D eigenvalue weighted by atomic mass is 9.98. The van der Waals surface area contributed by atoms with Gasteiger partial charge in [-0.15, -0.1) is 0 Å². The van der Waals surface area contributed by atoms with E-state index in [1.807, 2.05) is 0 Å². The Morgan fingerprint density at radius 3 is 1.72 bits per heavy atom. The van der Waals surface area contributed by atoms with Gasteiger partial charge in [0.05, 0.1) is 5.69 Å². The molecule has 6 heteroatoms. The summed E-state index contributed by atoms with van der Waals surface area (Å²) in [4.78, 5) is 12.2. The molecule has 2 amide bonds. The molecule has 2 rings (SSSR count). The zero-order chi connectivity index (χ0) is 18.1. The summed E-state index contributed by atoms with van der Waals surface area (Å²) in [5, 5.41) is 34.0. The molecule has 5 N–H and O–H groups in total. The van der Waals surface area contributed by atoms with Gasteiger partial charge in [0.2, 0.25) is 0 Å². The van der Waals surface area contributed by atoms with Crippen LogP contribution in [0.15, 0.2) is 12.1 Å². The molecule has 1 aromatic carbocycles. The van der Waals surface area contributed by atoms with E-state index in [2.05, 4.69) is 10.6 Å². The van der Waals surface area contributed by atoms with Crippen LogP contribution in [0.3, 0.4) is 0 Å². The summed E-state index contributed by atoms with van der Waals surface area (Å²) in [5.41, 5.74) is 0.235. The van der Waals surface area contributed by atoms with Gasteiger partial charge in [0.1, 0.15) is 0 Å². The van der Waals surface area contributed by atoms with Gasteiger partial charge in [0.25, 0.3) is 0 Å². The highest BCUT2D eigenvalue weighted by Crippen LogP contribution is 2.37. The summed E-state index contributed by atoms with van der Waals surface area (Å²) >= 11 is 0. The number of amides is 2. The van der Waals surface area contributed by atoms with Crippen molar-refractivity contribution in [1.29, 1.82) is 0 Å². The lowest BCUT2D eigenvalue weighted by molar-refractivity contribution is 0.246. The van der Waals surface area contributed by atoms with E-state index in [0.29, 0.717) is 0 Å². The lowest BCUT2D eigenvalue weighted by Gasteiger charge is -2.20. The first-order chi connectivity index (χ1) is 12.1. The maximum atomic E-state index is 12.2. The largest absolute Gasteiger partial charge is 0.504 e. The van der Waals surface area contributed by atoms with Gasteiger partial charge in [0, 0.05) is 18.2 Å². The number of nitrogens with one attached hydrogen (secondary N) is 2. The summed E-state index contributed by atoms with van der Waals surface area (Å²) in [6.45, 7) is 0. The molecule has 0 aliphatic heterocycles. The molecule has 25 heavy (non-hydrogen) atoms. The van der Waals surface area contributed by atoms with E-state index >= 15 is 0 Å². The molecule has 0 spiro atoms. The van der Waals surface area contributed by atoms with Gasteiger partial charge in [-0.2, -0.15) is 0 Å². The van der Waals surface area contributed by atoms with Crippen LogP contribution in [0.5, 0.6) is 17.2 Å². The van der Waals surface area contributed by atoms with Gasteiger partial charge in [-0.1, -0.05) is 57.8 Å². The first-order valence-electron chi connectivity index (χ1n) is 9.38. The zero-order valence-corrected chi connectivity index (χ0v) is 14.8. The second-order valence-electron chi connectivity index (χ2n) is 6.92. The van der Waals surface area contributed by atoms with Crippen molar-refractivity contribution >= 4 is 11.7 Å². The molecular formula is C19H30N2O4. The van der Waals surface area contributed by atoms with Crippen molar-refractivity contribution in [3.05, 3.63) is 12.1 Å². The standard InChI is InChI=1S/C19H30N2O4/c22-16-12-15(13-17(23)18(16)24)21-19(25)20-14-10-8-6-4-2-1-3-5-7-9-11-14/h12-14,22-24H,1-11H2,(H2,20,21,25). The van der Waals surface area contributed by atoms with Gasteiger partial charge in [-0.05, 0) is 12.8 Å². The Kier molecular flexibility index (Phi) is 7.70. The Morgan fingerprint density at radius 1 is 0.800 bits per heavy atom. The topological polar surface area (TPSA) is 102 Å². The average molecular weight is 350 g/mol. The van der Waals surface area contributed by atoms with E-state index in [1.165, 1.54) is 57.1 Å². The number of phenols is 3. The van der Waals surface area contributed by atoms with Gasteiger partial charge < -0.3 is 26.0 Å². The molecule has 0 atom stereocenters. The van der Waals surface area contributed by atoms with Crippen molar-refractivity contribution in [3.8, 4) is 17.2 Å². The molecular weight excluding hydrogens is 320 g/mol. The monoisotopic (exact) mass is 350 g/mol. The van der Waals surface area contributed by atoms with Crippen LogP contribution in [0, 0.1) is 0 Å². The van der Waals surface area contributed by atoms with Crippen LogP contribution < -0.4 is 10.6 Å². The minimum atomic E-state index is -0.592. The summed E-state index contributed by atoms with van der Waals surface area (Å²) in [5.74, 6) is -1.53. The quantitative estimate of drug-likeness (QED) is 0.397. The second-order valence-corrected chi connectivity index (χ2v) is 6.92. The third-order valence-corrected chi connectivity index (χ3v) is 4.77. The van der Waals surface area contributed by atoms with Crippen LogP contribution >= 0.6 is 0 Å². The van der Waals surface area contributed by atoms with Gasteiger partial charge in [-0.25, -0.2) is 4.79 Å². The van der Waals surface area contributed by atoms with E-state index < -0.39 is 17.2 Å². The molecule has 6 nitrogen and oxygen atoms in total. The predicted molar refractivity (Wildman–Crippen MR) is 98.2 cm³/mol. The molecule has 1 aromatic rings. The molecule has 1 aliphatic carbocycles. The molecule has 1 saturated carbocycles. The normalized spacial score (nSPS) is 17.9. The fourth-order valence-electron chi connectivity index (χ4n) is 3.34. The highest BCUT2D eigenvalue weighted by atomic mass is 16.3. The van der Waals surface area contributed by atoms with E-state index in [0.717, 1.165) is 25.7 Å². The zero-order valence-electron chi connectivity index (χ0n) is 14.8. The molecule has 0 saturated heterocycles. The summed E-state index contributed by atoms with van der Waals surface area (Å²) < 4.78 is 0. The number of carbonyl (C=O) groups excluding carboxylic acids is 1. The number of phenolic OH excluding ortho intramolecular Hbond substituents is 3. The van der Waals surface area contributed by atoms with Crippen LogP contribution in [-0.4, -0.2) is 27.4 Å². The van der Waals surface area contributed by atoms with Gasteiger partial charge >= 0.3 is 6.03 Å². The SMILES string of the molecule is O=C(Nc1cc(O)c(O)c(O)c1)NC1CCCCCCCCCCC1. The van der Waals surface area contributed by atoms with E-state index in [4.69, 9.17) is 0 Å². The number of anilines is 1. The number of urea groups is 1. The van der Waals surface area contributed by atoms with Crippen molar-refractivity contribution in [3.63, 3.8) is 0 Å². The van der Waals surface area contributed by atoms with E-state index in [1.54, 1.807) is 0 Å². The van der Waals surface area contributed by atoms with Crippen LogP contribution in [0.4, 0.5) is 10.5 Å². The number of benzene rings is 1. The Bertz CT molecular complexity index is 527. The average Bonchev–Trinajstić information content (AvgIpc) is 2.55. The van der Waals surface area contributed by atoms with Crippen molar-refractivity contribution < 1.29 is 20.1 Å². The first-order valence-corrected chi connectivity index (χ1v) is 9.38. The Morgan fingerprint density at radius 2 is 1.24 bits per heavy atom. The van der Waals surface area contributed by atoms with Gasteiger partial charge in [-0.3, -0.25) is 0 Å². The van der Waals surface area contributed by atoms with Crippen LogP contribution in [0.25, 0.3) is 0 Å². The van der Waals surface area contributed by atoms with Crippen LogP contribution in [0.1, 0.15) is 70.6 Å². The molecule has 0 unspecified atom stereocenters. The minimum Gasteiger partial charge on any atom is -0.504 e. The number of aromatic hydroxyl groups is 3. The maximum Gasteiger partial charge on any atom is 0.319 e. The second kappa shape index (κ2) is 10.0. The first kappa shape index (κ1) is 19.2. The fourth-order valence-corrected chi connectivity index (χ4v) is 3.34. The van der Waals surface area contributed by atoms with Crippen LogP contribution in [0.2, 0.25) is 0 Å². The number of hydrogen-bond donors (Lipinski definition) is 5. The lowest BCUT2D eigenvalue weighted by Crippen LogP contribution is -2.38. The Hall–Kier alpha value is -2.11. The van der Waals surface area contributed by atoms with Crippen molar-refractivity contribution in [2.75, 3.05) is 5.32 Å². The van der Waals surface area contributed by atoms with Crippen molar-refractivity contribution in [2.45, 2.75) is 76.7 Å². The smallest absolute Gasteiger partial charge is 0.319 e. The summed E-state index contributed by atoms with van der Waals surface area (Å²) in [6.07, 6.45) is 13.1. The van der Waals surface area contributed by atoms with Gasteiger partial charge in [0.15, 0.2) is 17.2 Å². The third kappa shape index (κ3) is 6.72. The molecule has 1 aliphatic rings.